The molecule has 1 aliphatic rings. The highest BCUT2D eigenvalue weighted by molar-refractivity contribution is 5.96. The molecular weight excluding hydrogens is 374 g/mol. The summed E-state index contributed by atoms with van der Waals surface area (Å²) in [7, 11) is 0. The summed E-state index contributed by atoms with van der Waals surface area (Å²) in [4.78, 5) is 14.8. The molecule has 0 saturated carbocycles. The van der Waals surface area contributed by atoms with Gasteiger partial charge in [-0.3, -0.25) is 4.79 Å². The molecule has 3 aromatic rings. The molecule has 1 aliphatic heterocycles. The second-order valence-electron chi connectivity index (χ2n) is 7.04. The number of carbonyl (C=O) groups is 1. The van der Waals surface area contributed by atoms with Crippen molar-refractivity contribution in [1.29, 1.82) is 0 Å². The van der Waals surface area contributed by atoms with Gasteiger partial charge in [0.2, 0.25) is 5.91 Å². The van der Waals surface area contributed by atoms with Crippen molar-refractivity contribution in [3.63, 3.8) is 0 Å². The first-order valence-corrected chi connectivity index (χ1v) is 9.20. The van der Waals surface area contributed by atoms with Gasteiger partial charge in [0.05, 0.1) is 23.5 Å². The number of nitrogen functional groups attached to an aromatic ring is 1. The largest absolute Gasteiger partial charge is 0.398 e. The monoisotopic (exact) mass is 397 g/mol. The lowest BCUT2D eigenvalue weighted by atomic mass is 9.99. The van der Waals surface area contributed by atoms with E-state index in [9.17, 15) is 4.79 Å². The molecule has 1 aromatic heterocycles. The van der Waals surface area contributed by atoms with Crippen molar-refractivity contribution >= 4 is 29.7 Å². The molecule has 0 radical (unpaired) electrons. The van der Waals surface area contributed by atoms with Crippen molar-refractivity contribution in [2.24, 2.45) is 0 Å². The molecule has 28 heavy (non-hydrogen) atoms. The number of halogens is 1. The molecule has 0 saturated heterocycles. The van der Waals surface area contributed by atoms with Gasteiger partial charge in [0.25, 0.3) is 0 Å². The fourth-order valence-electron chi connectivity index (χ4n) is 3.60. The maximum absolute atomic E-state index is 13.0. The lowest BCUT2D eigenvalue weighted by molar-refractivity contribution is -0.118. The van der Waals surface area contributed by atoms with E-state index in [1.165, 1.54) is 5.56 Å². The molecule has 0 aliphatic carbocycles. The van der Waals surface area contributed by atoms with Crippen LogP contribution in [0.3, 0.4) is 0 Å². The molecular formula is C21H24ClN5O. The molecule has 146 valence electrons. The van der Waals surface area contributed by atoms with Crippen LogP contribution in [0, 0.1) is 13.8 Å². The lowest BCUT2D eigenvalue weighted by Gasteiger charge is -2.30. The van der Waals surface area contributed by atoms with Crippen LogP contribution in [0.25, 0.3) is 5.69 Å². The predicted octanol–water partition coefficient (Wildman–Crippen LogP) is 3.41. The highest BCUT2D eigenvalue weighted by atomic mass is 35.5. The summed E-state index contributed by atoms with van der Waals surface area (Å²) in [5, 5.41) is 8.51. The van der Waals surface area contributed by atoms with Crippen LogP contribution in [-0.2, 0) is 17.6 Å². The average Bonchev–Trinajstić information content (AvgIpc) is 3.03. The number of hydrogen-bond acceptors (Lipinski definition) is 4. The summed E-state index contributed by atoms with van der Waals surface area (Å²) < 4.78 is 1.78. The molecule has 0 unspecified atom stereocenters. The van der Waals surface area contributed by atoms with Crippen molar-refractivity contribution < 1.29 is 4.79 Å². The number of fused-ring (bicyclic) bond motifs is 1. The molecule has 6 nitrogen and oxygen atoms in total. The topological polar surface area (TPSA) is 77.0 Å². The molecule has 0 fully saturated rings. The van der Waals surface area contributed by atoms with Gasteiger partial charge in [0.15, 0.2) is 0 Å². The third-order valence-corrected chi connectivity index (χ3v) is 5.18. The molecule has 2 heterocycles. The van der Waals surface area contributed by atoms with Gasteiger partial charge in [0.1, 0.15) is 0 Å². The van der Waals surface area contributed by atoms with E-state index >= 15 is 0 Å². The number of carbonyl (C=O) groups excluding carboxylic acids is 1. The van der Waals surface area contributed by atoms with Crippen molar-refractivity contribution in [1.82, 2.24) is 15.0 Å². The normalized spacial score (nSPS) is 13.0. The Labute approximate surface area is 170 Å². The Morgan fingerprint density at radius 3 is 2.64 bits per heavy atom. The third kappa shape index (κ3) is 3.60. The highest BCUT2D eigenvalue weighted by Crippen LogP contribution is 2.31. The van der Waals surface area contributed by atoms with Crippen LogP contribution in [-0.4, -0.2) is 27.4 Å². The van der Waals surface area contributed by atoms with Crippen LogP contribution in [0.2, 0.25) is 0 Å². The smallest absolute Gasteiger partial charge is 0.233 e. The first-order valence-electron chi connectivity index (χ1n) is 9.20. The number of nitrogens with two attached hydrogens (primary N) is 1. The van der Waals surface area contributed by atoms with E-state index in [1.807, 2.05) is 61.2 Å². The van der Waals surface area contributed by atoms with Gasteiger partial charge in [-0.15, -0.1) is 17.5 Å². The van der Waals surface area contributed by atoms with Gasteiger partial charge >= 0.3 is 0 Å². The Kier molecular flexibility index (Phi) is 5.70. The van der Waals surface area contributed by atoms with E-state index in [4.69, 9.17) is 5.73 Å². The quantitative estimate of drug-likeness (QED) is 0.687. The summed E-state index contributed by atoms with van der Waals surface area (Å²) >= 11 is 0. The fraction of sp³-hybridized carbons (Fsp3) is 0.286. The van der Waals surface area contributed by atoms with Crippen molar-refractivity contribution in [2.75, 3.05) is 17.2 Å². The van der Waals surface area contributed by atoms with E-state index in [-0.39, 0.29) is 24.7 Å². The van der Waals surface area contributed by atoms with Gasteiger partial charge in [-0.25, -0.2) is 4.68 Å². The number of hydrogen-bond donors (Lipinski definition) is 1. The molecule has 2 aromatic carbocycles. The molecule has 4 rings (SSSR count). The minimum absolute atomic E-state index is 0. The summed E-state index contributed by atoms with van der Waals surface area (Å²) in [5.41, 5.74) is 12.6. The summed E-state index contributed by atoms with van der Waals surface area (Å²) in [5.74, 6) is 0.0283. The molecule has 7 heteroatoms. The second kappa shape index (κ2) is 8.02. The number of amides is 1. The van der Waals surface area contributed by atoms with Crippen molar-refractivity contribution in [3.05, 3.63) is 65.0 Å². The number of anilines is 2. The zero-order chi connectivity index (χ0) is 19.0. The van der Waals surface area contributed by atoms with Gasteiger partial charge in [-0.1, -0.05) is 29.0 Å². The van der Waals surface area contributed by atoms with Gasteiger partial charge in [-0.05, 0) is 56.5 Å². The van der Waals surface area contributed by atoms with Crippen molar-refractivity contribution in [3.8, 4) is 5.69 Å². The van der Waals surface area contributed by atoms with Gasteiger partial charge < -0.3 is 10.6 Å². The van der Waals surface area contributed by atoms with Gasteiger partial charge in [0, 0.05) is 17.9 Å². The fourth-order valence-corrected chi connectivity index (χ4v) is 3.60. The molecule has 2 N–H and O–H groups in total. The summed E-state index contributed by atoms with van der Waals surface area (Å²) in [6.45, 7) is 4.70. The SMILES string of the molecule is Cc1ccc(-n2nnc(CC(=O)N3CCCc4c(N)cccc43)c2C)cc1.Cl. The van der Waals surface area contributed by atoms with E-state index in [0.29, 0.717) is 12.2 Å². The van der Waals surface area contributed by atoms with Gasteiger partial charge in [-0.2, -0.15) is 0 Å². The zero-order valence-electron chi connectivity index (χ0n) is 16.1. The van der Waals surface area contributed by atoms with Crippen LogP contribution in [0.1, 0.15) is 28.9 Å². The molecule has 0 spiro atoms. The van der Waals surface area contributed by atoms with Crippen LogP contribution in [0.5, 0.6) is 0 Å². The van der Waals surface area contributed by atoms with E-state index in [1.54, 1.807) is 4.68 Å². The van der Waals surface area contributed by atoms with Crippen LogP contribution >= 0.6 is 12.4 Å². The maximum atomic E-state index is 13.0. The Bertz CT molecular complexity index is 997. The average molecular weight is 398 g/mol. The number of aryl methyl sites for hydroxylation is 1. The summed E-state index contributed by atoms with van der Waals surface area (Å²) in [6, 6.07) is 13.9. The van der Waals surface area contributed by atoms with Crippen LogP contribution in [0.4, 0.5) is 11.4 Å². The Hall–Kier alpha value is -2.86. The Morgan fingerprint density at radius 1 is 1.14 bits per heavy atom. The Balaban J connectivity index is 0.00000225. The number of nitrogens with zero attached hydrogens (tertiary/aromatic N) is 4. The number of rotatable bonds is 3. The standard InChI is InChI=1S/C21H23N5O.ClH/c1-14-8-10-16(11-9-14)26-15(2)19(23-24-26)13-21(27)25-12-4-5-17-18(22)6-3-7-20(17)25;/h3,6-11H,4-5,12-13,22H2,1-2H3;1H. The number of aromatic nitrogens is 3. The molecule has 0 bridgehead atoms. The number of benzene rings is 2. The first-order chi connectivity index (χ1) is 13.0. The Morgan fingerprint density at radius 2 is 1.89 bits per heavy atom. The van der Waals surface area contributed by atoms with Crippen molar-refractivity contribution in [2.45, 2.75) is 33.1 Å². The second-order valence-corrected chi connectivity index (χ2v) is 7.04. The minimum Gasteiger partial charge on any atom is -0.398 e. The van der Waals surface area contributed by atoms with E-state index in [0.717, 1.165) is 41.2 Å². The van der Waals surface area contributed by atoms with Crippen LogP contribution < -0.4 is 10.6 Å². The van der Waals surface area contributed by atoms with E-state index in [2.05, 4.69) is 10.3 Å². The molecule has 1 amide bonds. The maximum Gasteiger partial charge on any atom is 0.233 e. The highest BCUT2D eigenvalue weighted by Gasteiger charge is 2.25. The van der Waals surface area contributed by atoms with Crippen LogP contribution in [0.15, 0.2) is 42.5 Å². The first kappa shape index (κ1) is 19.9. The molecule has 0 atom stereocenters. The lowest BCUT2D eigenvalue weighted by Crippen LogP contribution is -2.37. The zero-order valence-corrected chi connectivity index (χ0v) is 16.9. The minimum atomic E-state index is 0. The predicted molar refractivity (Wildman–Crippen MR) is 113 cm³/mol. The van der Waals surface area contributed by atoms with E-state index < -0.39 is 0 Å². The third-order valence-electron chi connectivity index (χ3n) is 5.18. The summed E-state index contributed by atoms with van der Waals surface area (Å²) in [6.07, 6.45) is 2.06.